The highest BCUT2D eigenvalue weighted by atomic mass is 35.5. The van der Waals surface area contributed by atoms with Gasteiger partial charge in [-0.15, -0.1) is 0 Å². The normalized spacial score (nSPS) is 26.0. The summed E-state index contributed by atoms with van der Waals surface area (Å²) in [6.07, 6.45) is 5.53. The van der Waals surface area contributed by atoms with Gasteiger partial charge in [-0.25, -0.2) is 0 Å². The van der Waals surface area contributed by atoms with Gasteiger partial charge in [-0.05, 0) is 69.5 Å². The molecule has 2 aliphatic rings. The molecule has 0 saturated carbocycles. The fourth-order valence-corrected chi connectivity index (χ4v) is 4.19. The SMILES string of the molecule is C/C(=C\c1cccc(Cl)c1)C(=O)N1CCC2C(CCCN2C)C1. The quantitative estimate of drug-likeness (QED) is 0.771. The van der Waals surface area contributed by atoms with Crippen LogP contribution in [-0.2, 0) is 4.79 Å². The first kappa shape index (κ1) is 16.5. The minimum absolute atomic E-state index is 0.164. The second-order valence-corrected chi connectivity index (χ2v) is 7.31. The number of halogens is 1. The molecule has 0 bridgehead atoms. The lowest BCUT2D eigenvalue weighted by Gasteiger charge is -2.46. The molecule has 0 spiro atoms. The number of rotatable bonds is 2. The number of amides is 1. The maximum Gasteiger partial charge on any atom is 0.249 e. The van der Waals surface area contributed by atoms with Gasteiger partial charge in [-0.2, -0.15) is 0 Å². The fourth-order valence-electron chi connectivity index (χ4n) is 3.99. The van der Waals surface area contributed by atoms with Gasteiger partial charge in [0.25, 0.3) is 0 Å². The van der Waals surface area contributed by atoms with E-state index in [0.29, 0.717) is 17.0 Å². The van der Waals surface area contributed by atoms with Crippen LogP contribution in [0.2, 0.25) is 5.02 Å². The smallest absolute Gasteiger partial charge is 0.249 e. The van der Waals surface area contributed by atoms with Gasteiger partial charge in [-0.3, -0.25) is 4.79 Å². The maximum absolute atomic E-state index is 12.8. The van der Waals surface area contributed by atoms with Gasteiger partial charge in [0.05, 0.1) is 0 Å². The van der Waals surface area contributed by atoms with Crippen LogP contribution in [-0.4, -0.2) is 48.4 Å². The number of fused-ring (bicyclic) bond motifs is 1. The lowest BCUT2D eigenvalue weighted by atomic mass is 9.84. The van der Waals surface area contributed by atoms with Crippen LogP contribution in [0.1, 0.15) is 31.7 Å². The van der Waals surface area contributed by atoms with E-state index in [1.54, 1.807) is 0 Å². The van der Waals surface area contributed by atoms with Crippen molar-refractivity contribution in [2.75, 3.05) is 26.7 Å². The number of carbonyl (C=O) groups excluding carboxylic acids is 1. The lowest BCUT2D eigenvalue weighted by Crippen LogP contribution is -2.54. The summed E-state index contributed by atoms with van der Waals surface area (Å²) >= 11 is 6.02. The largest absolute Gasteiger partial charge is 0.339 e. The van der Waals surface area contributed by atoms with Crippen LogP contribution < -0.4 is 0 Å². The zero-order valence-electron chi connectivity index (χ0n) is 14.0. The lowest BCUT2D eigenvalue weighted by molar-refractivity contribution is -0.130. The van der Waals surface area contributed by atoms with Gasteiger partial charge in [0.1, 0.15) is 0 Å². The molecule has 2 fully saturated rings. The second-order valence-electron chi connectivity index (χ2n) is 6.87. The molecule has 0 N–H and O–H groups in total. The Morgan fingerprint density at radius 1 is 1.30 bits per heavy atom. The van der Waals surface area contributed by atoms with E-state index in [1.807, 2.05) is 42.2 Å². The first-order valence-electron chi connectivity index (χ1n) is 8.48. The molecule has 23 heavy (non-hydrogen) atoms. The molecule has 4 heteroatoms. The van der Waals surface area contributed by atoms with Gasteiger partial charge in [-0.1, -0.05) is 23.7 Å². The zero-order chi connectivity index (χ0) is 16.4. The van der Waals surface area contributed by atoms with E-state index in [9.17, 15) is 4.79 Å². The molecular formula is C19H25ClN2O. The summed E-state index contributed by atoms with van der Waals surface area (Å²) in [4.78, 5) is 17.3. The molecule has 1 amide bonds. The Morgan fingerprint density at radius 2 is 2.13 bits per heavy atom. The number of piperidine rings is 2. The predicted molar refractivity (Wildman–Crippen MR) is 95.4 cm³/mol. The summed E-state index contributed by atoms with van der Waals surface area (Å²) in [6, 6.07) is 8.28. The molecule has 1 aromatic carbocycles. The van der Waals surface area contributed by atoms with E-state index >= 15 is 0 Å². The number of benzene rings is 1. The maximum atomic E-state index is 12.8. The van der Waals surface area contributed by atoms with Crippen molar-refractivity contribution in [3.8, 4) is 0 Å². The third-order valence-corrected chi connectivity index (χ3v) is 5.44. The van der Waals surface area contributed by atoms with E-state index < -0.39 is 0 Å². The number of nitrogens with zero attached hydrogens (tertiary/aromatic N) is 2. The van der Waals surface area contributed by atoms with E-state index in [0.717, 1.165) is 30.6 Å². The third-order valence-electron chi connectivity index (χ3n) is 5.20. The Bertz CT molecular complexity index is 613. The van der Waals surface area contributed by atoms with Crippen molar-refractivity contribution >= 4 is 23.6 Å². The van der Waals surface area contributed by atoms with Crippen LogP contribution in [0, 0.1) is 5.92 Å². The summed E-state index contributed by atoms with van der Waals surface area (Å²) in [5, 5.41) is 0.699. The first-order chi connectivity index (χ1) is 11.0. The van der Waals surface area contributed by atoms with Crippen LogP contribution >= 0.6 is 11.6 Å². The number of likely N-dealkylation sites (tertiary alicyclic amines) is 2. The van der Waals surface area contributed by atoms with E-state index in [-0.39, 0.29) is 5.91 Å². The number of carbonyl (C=O) groups is 1. The van der Waals surface area contributed by atoms with Crippen molar-refractivity contribution < 1.29 is 4.79 Å². The van der Waals surface area contributed by atoms with Gasteiger partial charge >= 0.3 is 0 Å². The molecule has 2 atom stereocenters. The van der Waals surface area contributed by atoms with Crippen LogP contribution in [0.15, 0.2) is 29.8 Å². The number of hydrogen-bond acceptors (Lipinski definition) is 2. The summed E-state index contributed by atoms with van der Waals surface area (Å²) in [7, 11) is 2.22. The van der Waals surface area contributed by atoms with Crippen molar-refractivity contribution in [2.24, 2.45) is 5.92 Å². The van der Waals surface area contributed by atoms with Gasteiger partial charge < -0.3 is 9.80 Å². The van der Waals surface area contributed by atoms with Crippen molar-refractivity contribution in [1.29, 1.82) is 0 Å². The highest BCUT2D eigenvalue weighted by Gasteiger charge is 2.35. The average molecular weight is 333 g/mol. The predicted octanol–water partition coefficient (Wildman–Crippen LogP) is 3.69. The highest BCUT2D eigenvalue weighted by Crippen LogP contribution is 2.30. The molecule has 2 saturated heterocycles. The minimum Gasteiger partial charge on any atom is -0.339 e. The third kappa shape index (κ3) is 3.78. The topological polar surface area (TPSA) is 23.6 Å². The molecule has 0 aliphatic carbocycles. The van der Waals surface area contributed by atoms with E-state index in [2.05, 4.69) is 11.9 Å². The minimum atomic E-state index is 0.164. The summed E-state index contributed by atoms with van der Waals surface area (Å²) in [5.74, 6) is 0.794. The molecule has 0 aromatic heterocycles. The Labute approximate surface area is 143 Å². The van der Waals surface area contributed by atoms with Gasteiger partial charge in [0.15, 0.2) is 0 Å². The summed E-state index contributed by atoms with van der Waals surface area (Å²) in [5.41, 5.74) is 1.77. The Morgan fingerprint density at radius 3 is 2.91 bits per heavy atom. The van der Waals surface area contributed by atoms with E-state index in [4.69, 9.17) is 11.6 Å². The zero-order valence-corrected chi connectivity index (χ0v) is 14.7. The van der Waals surface area contributed by atoms with Crippen LogP contribution in [0.3, 0.4) is 0 Å². The van der Waals surface area contributed by atoms with Crippen molar-refractivity contribution in [1.82, 2.24) is 9.80 Å². The van der Waals surface area contributed by atoms with Crippen molar-refractivity contribution in [2.45, 2.75) is 32.2 Å². The molecular weight excluding hydrogens is 308 g/mol. The Kier molecular flexibility index (Phi) is 5.08. The second kappa shape index (κ2) is 7.06. The monoisotopic (exact) mass is 332 g/mol. The van der Waals surface area contributed by atoms with Crippen molar-refractivity contribution in [3.05, 3.63) is 40.4 Å². The van der Waals surface area contributed by atoms with E-state index in [1.165, 1.54) is 19.4 Å². The molecule has 0 radical (unpaired) electrons. The molecule has 3 nitrogen and oxygen atoms in total. The molecule has 2 unspecified atom stereocenters. The standard InChI is InChI=1S/C19H25ClN2O/c1-14(11-15-5-3-7-17(20)12-15)19(23)22-10-8-18-16(13-22)6-4-9-21(18)2/h3,5,7,11-12,16,18H,4,6,8-10,13H2,1-2H3/b14-11+. The van der Waals surface area contributed by atoms with Crippen LogP contribution in [0.5, 0.6) is 0 Å². The highest BCUT2D eigenvalue weighted by molar-refractivity contribution is 6.30. The van der Waals surface area contributed by atoms with Crippen LogP contribution in [0.25, 0.3) is 6.08 Å². The van der Waals surface area contributed by atoms with Crippen molar-refractivity contribution in [3.63, 3.8) is 0 Å². The summed E-state index contributed by atoms with van der Waals surface area (Å²) < 4.78 is 0. The average Bonchev–Trinajstić information content (AvgIpc) is 2.54. The Balaban J connectivity index is 1.68. The molecule has 2 heterocycles. The fraction of sp³-hybridized carbons (Fsp3) is 0.526. The van der Waals surface area contributed by atoms with Crippen LogP contribution in [0.4, 0.5) is 0 Å². The number of hydrogen-bond donors (Lipinski definition) is 0. The summed E-state index contributed by atoms with van der Waals surface area (Å²) in [6.45, 7) is 4.87. The van der Waals surface area contributed by atoms with Gasteiger partial charge in [0.2, 0.25) is 5.91 Å². The molecule has 3 rings (SSSR count). The molecule has 2 aliphatic heterocycles. The Hall–Kier alpha value is -1.32. The van der Waals surface area contributed by atoms with Gasteiger partial charge in [0, 0.05) is 29.7 Å². The molecule has 1 aromatic rings. The first-order valence-corrected chi connectivity index (χ1v) is 8.86. The molecule has 124 valence electrons.